The third-order valence-corrected chi connectivity index (χ3v) is 3.14. The number of carbonyl (C=O) groups excluding carboxylic acids is 2. The number of hydrogen-bond donors (Lipinski definition) is 2. The molecule has 0 radical (unpaired) electrons. The summed E-state index contributed by atoms with van der Waals surface area (Å²) < 4.78 is 0. The van der Waals surface area contributed by atoms with Crippen LogP contribution in [0.5, 0.6) is 0 Å². The van der Waals surface area contributed by atoms with Crippen molar-refractivity contribution >= 4 is 11.8 Å². The van der Waals surface area contributed by atoms with Gasteiger partial charge in [-0.15, -0.1) is 0 Å². The SMILES string of the molecule is CC(C)CNC(=O)c1cncc(C(=O)NCc2ccncc2)c1. The van der Waals surface area contributed by atoms with Gasteiger partial charge in [-0.1, -0.05) is 13.8 Å². The molecule has 0 aromatic carbocycles. The van der Waals surface area contributed by atoms with Crippen LogP contribution >= 0.6 is 0 Å². The highest BCUT2D eigenvalue weighted by Gasteiger charge is 2.11. The van der Waals surface area contributed by atoms with E-state index in [1.165, 1.54) is 12.4 Å². The van der Waals surface area contributed by atoms with Crippen molar-refractivity contribution in [3.8, 4) is 0 Å². The van der Waals surface area contributed by atoms with Crippen molar-refractivity contribution in [2.75, 3.05) is 6.54 Å². The molecule has 120 valence electrons. The summed E-state index contributed by atoms with van der Waals surface area (Å²) in [5.74, 6) is -0.137. The standard InChI is InChI=1S/C17H20N4O2/c1-12(2)8-20-16(22)14-7-15(11-19-10-14)17(23)21-9-13-3-5-18-6-4-13/h3-7,10-12H,8-9H2,1-2H3,(H,20,22)(H,21,23). The molecule has 2 heterocycles. The number of rotatable bonds is 6. The van der Waals surface area contributed by atoms with E-state index in [1.807, 2.05) is 26.0 Å². The molecule has 2 aromatic rings. The summed E-state index contributed by atoms with van der Waals surface area (Å²) in [6.45, 7) is 5.01. The Hall–Kier alpha value is -2.76. The second-order valence-electron chi connectivity index (χ2n) is 5.60. The molecular weight excluding hydrogens is 292 g/mol. The van der Waals surface area contributed by atoms with E-state index in [4.69, 9.17) is 0 Å². The summed E-state index contributed by atoms with van der Waals surface area (Å²) >= 11 is 0. The molecule has 2 N–H and O–H groups in total. The number of nitrogens with one attached hydrogen (secondary N) is 2. The van der Waals surface area contributed by atoms with Crippen LogP contribution in [-0.4, -0.2) is 28.3 Å². The summed E-state index contributed by atoms with van der Waals surface area (Å²) in [5, 5.41) is 5.60. The fourth-order valence-electron chi connectivity index (χ4n) is 1.87. The first kappa shape index (κ1) is 16.6. The summed E-state index contributed by atoms with van der Waals surface area (Å²) in [6.07, 6.45) is 6.24. The zero-order valence-corrected chi connectivity index (χ0v) is 13.2. The van der Waals surface area contributed by atoms with Gasteiger partial charge in [0.2, 0.25) is 0 Å². The van der Waals surface area contributed by atoms with Crippen molar-refractivity contribution in [2.45, 2.75) is 20.4 Å². The second-order valence-corrected chi connectivity index (χ2v) is 5.60. The van der Waals surface area contributed by atoms with E-state index in [-0.39, 0.29) is 11.8 Å². The Morgan fingerprint density at radius 1 is 1.00 bits per heavy atom. The van der Waals surface area contributed by atoms with Gasteiger partial charge >= 0.3 is 0 Å². The average molecular weight is 312 g/mol. The molecule has 0 spiro atoms. The van der Waals surface area contributed by atoms with Gasteiger partial charge < -0.3 is 10.6 Å². The van der Waals surface area contributed by atoms with Crippen molar-refractivity contribution < 1.29 is 9.59 Å². The third-order valence-electron chi connectivity index (χ3n) is 3.14. The number of nitrogens with zero attached hydrogens (tertiary/aromatic N) is 2. The van der Waals surface area contributed by atoms with Crippen LogP contribution < -0.4 is 10.6 Å². The third kappa shape index (κ3) is 5.18. The monoisotopic (exact) mass is 312 g/mol. The van der Waals surface area contributed by atoms with Crippen molar-refractivity contribution in [3.63, 3.8) is 0 Å². The molecule has 0 aliphatic rings. The molecule has 0 fully saturated rings. The van der Waals surface area contributed by atoms with Crippen LogP contribution in [0.2, 0.25) is 0 Å². The van der Waals surface area contributed by atoms with Crippen LogP contribution in [0, 0.1) is 5.92 Å². The zero-order chi connectivity index (χ0) is 16.7. The molecular formula is C17H20N4O2. The fraction of sp³-hybridized carbons (Fsp3) is 0.294. The number of hydrogen-bond acceptors (Lipinski definition) is 4. The minimum atomic E-state index is -0.271. The van der Waals surface area contributed by atoms with Crippen molar-refractivity contribution in [1.82, 2.24) is 20.6 Å². The number of pyridine rings is 2. The Morgan fingerprint density at radius 2 is 1.61 bits per heavy atom. The zero-order valence-electron chi connectivity index (χ0n) is 13.2. The predicted molar refractivity (Wildman–Crippen MR) is 86.8 cm³/mol. The van der Waals surface area contributed by atoms with Crippen LogP contribution in [0.4, 0.5) is 0 Å². The average Bonchev–Trinajstić information content (AvgIpc) is 2.58. The first-order valence-corrected chi connectivity index (χ1v) is 7.46. The molecule has 2 amide bonds. The Bertz CT molecular complexity index is 671. The maximum atomic E-state index is 12.2. The van der Waals surface area contributed by atoms with E-state index in [1.54, 1.807) is 18.5 Å². The van der Waals surface area contributed by atoms with Gasteiger partial charge in [0, 0.05) is 37.9 Å². The van der Waals surface area contributed by atoms with E-state index in [9.17, 15) is 9.59 Å². The number of aromatic nitrogens is 2. The van der Waals surface area contributed by atoms with Gasteiger partial charge in [0.05, 0.1) is 11.1 Å². The molecule has 2 rings (SSSR count). The minimum absolute atomic E-state index is 0.227. The normalized spacial score (nSPS) is 10.4. The van der Waals surface area contributed by atoms with Gasteiger partial charge in [0.25, 0.3) is 11.8 Å². The number of amides is 2. The van der Waals surface area contributed by atoms with Gasteiger partial charge in [0.1, 0.15) is 0 Å². The smallest absolute Gasteiger partial charge is 0.253 e. The lowest BCUT2D eigenvalue weighted by Crippen LogP contribution is -2.28. The first-order chi connectivity index (χ1) is 11.1. The topological polar surface area (TPSA) is 84.0 Å². The summed E-state index contributed by atoms with van der Waals surface area (Å²) in [4.78, 5) is 32.1. The van der Waals surface area contributed by atoms with Crippen LogP contribution in [0.1, 0.15) is 40.1 Å². The maximum Gasteiger partial charge on any atom is 0.253 e. The van der Waals surface area contributed by atoms with E-state index >= 15 is 0 Å². The Kier molecular flexibility index (Phi) is 5.80. The molecule has 0 saturated carbocycles. The molecule has 0 aliphatic carbocycles. The Balaban J connectivity index is 1.98. The minimum Gasteiger partial charge on any atom is -0.352 e. The predicted octanol–water partition coefficient (Wildman–Crippen LogP) is 1.79. The van der Waals surface area contributed by atoms with Crippen LogP contribution in [0.3, 0.4) is 0 Å². The molecule has 2 aromatic heterocycles. The molecule has 6 heteroatoms. The highest BCUT2D eigenvalue weighted by Crippen LogP contribution is 2.04. The second kappa shape index (κ2) is 8.03. The molecule has 23 heavy (non-hydrogen) atoms. The van der Waals surface area contributed by atoms with Gasteiger partial charge in [-0.3, -0.25) is 19.6 Å². The first-order valence-electron chi connectivity index (χ1n) is 7.46. The summed E-state index contributed by atoms with van der Waals surface area (Å²) in [6, 6.07) is 5.20. The van der Waals surface area contributed by atoms with Gasteiger partial charge in [-0.05, 0) is 29.7 Å². The summed E-state index contributed by atoms with van der Waals surface area (Å²) in [5.41, 5.74) is 1.69. The molecule has 0 bridgehead atoms. The van der Waals surface area contributed by atoms with E-state index in [0.717, 1.165) is 5.56 Å². The van der Waals surface area contributed by atoms with E-state index in [0.29, 0.717) is 30.1 Å². The lowest BCUT2D eigenvalue weighted by Gasteiger charge is -2.09. The molecule has 6 nitrogen and oxygen atoms in total. The Morgan fingerprint density at radius 3 is 2.22 bits per heavy atom. The van der Waals surface area contributed by atoms with Crippen LogP contribution in [0.15, 0.2) is 43.0 Å². The lowest BCUT2D eigenvalue weighted by molar-refractivity contribution is 0.0948. The molecule has 0 saturated heterocycles. The quantitative estimate of drug-likeness (QED) is 0.852. The Labute approximate surface area is 135 Å². The van der Waals surface area contributed by atoms with E-state index in [2.05, 4.69) is 20.6 Å². The molecule has 0 aliphatic heterocycles. The van der Waals surface area contributed by atoms with Gasteiger partial charge in [0.15, 0.2) is 0 Å². The van der Waals surface area contributed by atoms with Crippen LogP contribution in [0.25, 0.3) is 0 Å². The van der Waals surface area contributed by atoms with Crippen molar-refractivity contribution in [1.29, 1.82) is 0 Å². The summed E-state index contributed by atoms with van der Waals surface area (Å²) in [7, 11) is 0. The van der Waals surface area contributed by atoms with Gasteiger partial charge in [-0.2, -0.15) is 0 Å². The molecule has 0 atom stereocenters. The largest absolute Gasteiger partial charge is 0.352 e. The van der Waals surface area contributed by atoms with Crippen molar-refractivity contribution in [2.24, 2.45) is 5.92 Å². The number of carbonyl (C=O) groups is 2. The van der Waals surface area contributed by atoms with Crippen molar-refractivity contribution in [3.05, 3.63) is 59.7 Å². The van der Waals surface area contributed by atoms with E-state index < -0.39 is 0 Å². The maximum absolute atomic E-state index is 12.2. The van der Waals surface area contributed by atoms with Crippen LogP contribution in [-0.2, 0) is 6.54 Å². The van der Waals surface area contributed by atoms with Gasteiger partial charge in [-0.25, -0.2) is 0 Å². The fourth-order valence-corrected chi connectivity index (χ4v) is 1.87. The highest BCUT2D eigenvalue weighted by atomic mass is 16.2. The highest BCUT2D eigenvalue weighted by molar-refractivity contribution is 5.99. The molecule has 0 unspecified atom stereocenters. The lowest BCUT2D eigenvalue weighted by atomic mass is 10.1.